The van der Waals surface area contributed by atoms with Crippen LogP contribution in [0.15, 0.2) is 28.7 Å². The van der Waals surface area contributed by atoms with Crippen LogP contribution in [-0.4, -0.2) is 20.5 Å². The summed E-state index contributed by atoms with van der Waals surface area (Å²) in [6.07, 6.45) is 2.19. The van der Waals surface area contributed by atoms with Gasteiger partial charge in [0.1, 0.15) is 0 Å². The quantitative estimate of drug-likeness (QED) is 0.770. The highest BCUT2D eigenvalue weighted by Gasteiger charge is 2.23. The van der Waals surface area contributed by atoms with E-state index in [1.165, 1.54) is 14.7 Å². The number of halogens is 1. The molecule has 1 aliphatic rings. The van der Waals surface area contributed by atoms with Gasteiger partial charge in [0.05, 0.1) is 11.0 Å². The Morgan fingerprint density at radius 2 is 2.20 bits per heavy atom. The number of aromatic nitrogens is 2. The fourth-order valence-corrected chi connectivity index (χ4v) is 3.45. The van der Waals surface area contributed by atoms with E-state index >= 15 is 0 Å². The summed E-state index contributed by atoms with van der Waals surface area (Å²) in [5.41, 5.74) is 4.52. The number of rotatable bonds is 1. The van der Waals surface area contributed by atoms with Gasteiger partial charge in [-0.1, -0.05) is 5.57 Å². The van der Waals surface area contributed by atoms with E-state index < -0.39 is 0 Å². The third-order valence-corrected chi connectivity index (χ3v) is 4.77. The Hall–Kier alpha value is -1.24. The predicted molar refractivity (Wildman–Crippen MR) is 89.7 cm³/mol. The SMILES string of the molecule is CC(C)=CN1Cc2c(I)ccc3[nH]c(=O)n(c23)C[C@@H]1C. The summed E-state index contributed by atoms with van der Waals surface area (Å²) >= 11 is 2.36. The maximum atomic E-state index is 12.2. The lowest BCUT2D eigenvalue weighted by molar-refractivity contribution is 0.266. The van der Waals surface area contributed by atoms with Gasteiger partial charge in [-0.3, -0.25) is 4.57 Å². The van der Waals surface area contributed by atoms with Crippen molar-refractivity contribution in [3.63, 3.8) is 0 Å². The van der Waals surface area contributed by atoms with Gasteiger partial charge in [-0.2, -0.15) is 0 Å². The molecule has 1 atom stereocenters. The molecule has 2 aromatic rings. The standard InChI is InChI=1S/C15H18IN3O/c1-9(2)6-18-8-11-12(16)4-5-13-14(11)19(7-10(18)3)15(20)17-13/h4-6,10H,7-8H2,1-3H3,(H,17,20)/t10-/m0/s1. The fraction of sp³-hybridized carbons (Fsp3) is 0.400. The van der Waals surface area contributed by atoms with Crippen LogP contribution in [0.4, 0.5) is 0 Å². The minimum absolute atomic E-state index is 0.00542. The lowest BCUT2D eigenvalue weighted by Crippen LogP contribution is -2.32. The van der Waals surface area contributed by atoms with Crippen molar-refractivity contribution in [1.82, 2.24) is 14.5 Å². The summed E-state index contributed by atoms with van der Waals surface area (Å²) in [7, 11) is 0. The molecule has 1 N–H and O–H groups in total. The van der Waals surface area contributed by atoms with Crippen LogP contribution in [0.25, 0.3) is 11.0 Å². The number of hydrogen-bond donors (Lipinski definition) is 1. The van der Waals surface area contributed by atoms with E-state index in [9.17, 15) is 4.79 Å². The predicted octanol–water partition coefficient (Wildman–Crippen LogP) is 3.06. The monoisotopic (exact) mass is 383 g/mol. The zero-order chi connectivity index (χ0) is 14.4. The van der Waals surface area contributed by atoms with E-state index in [0.29, 0.717) is 6.04 Å². The molecule has 2 heterocycles. The van der Waals surface area contributed by atoms with Crippen molar-refractivity contribution in [2.75, 3.05) is 0 Å². The number of aromatic amines is 1. The molecule has 0 aliphatic carbocycles. The van der Waals surface area contributed by atoms with Gasteiger partial charge >= 0.3 is 5.69 Å². The van der Waals surface area contributed by atoms with Crippen molar-refractivity contribution < 1.29 is 0 Å². The first-order valence-electron chi connectivity index (χ1n) is 6.78. The van der Waals surface area contributed by atoms with Crippen molar-refractivity contribution in [3.8, 4) is 0 Å². The van der Waals surface area contributed by atoms with E-state index in [1.807, 2.05) is 10.6 Å². The van der Waals surface area contributed by atoms with Crippen LogP contribution in [-0.2, 0) is 13.1 Å². The van der Waals surface area contributed by atoms with E-state index in [4.69, 9.17) is 0 Å². The zero-order valence-electron chi connectivity index (χ0n) is 11.9. The average Bonchev–Trinajstić information content (AvgIpc) is 2.59. The Morgan fingerprint density at radius 1 is 1.45 bits per heavy atom. The van der Waals surface area contributed by atoms with E-state index in [1.54, 1.807) is 0 Å². The first-order chi connectivity index (χ1) is 9.47. The highest BCUT2D eigenvalue weighted by atomic mass is 127. The average molecular weight is 383 g/mol. The molecule has 0 saturated heterocycles. The number of nitrogens with one attached hydrogen (secondary N) is 1. The van der Waals surface area contributed by atoms with Crippen molar-refractivity contribution in [2.24, 2.45) is 0 Å². The van der Waals surface area contributed by atoms with Crippen LogP contribution < -0.4 is 5.69 Å². The van der Waals surface area contributed by atoms with Crippen LogP contribution in [0, 0.1) is 3.57 Å². The molecule has 1 aromatic carbocycles. The molecule has 0 unspecified atom stereocenters. The summed E-state index contributed by atoms with van der Waals surface area (Å²) in [5.74, 6) is 0. The number of nitrogens with zero attached hydrogens (tertiary/aromatic N) is 2. The first kappa shape index (κ1) is 13.7. The van der Waals surface area contributed by atoms with Crippen LogP contribution in [0.1, 0.15) is 26.3 Å². The van der Waals surface area contributed by atoms with Gasteiger partial charge in [-0.25, -0.2) is 4.79 Å². The van der Waals surface area contributed by atoms with Crippen LogP contribution in [0.2, 0.25) is 0 Å². The number of allylic oxidation sites excluding steroid dienone is 1. The lowest BCUT2D eigenvalue weighted by atomic mass is 10.1. The molecule has 0 amide bonds. The van der Waals surface area contributed by atoms with E-state index in [2.05, 4.69) is 65.5 Å². The lowest BCUT2D eigenvalue weighted by Gasteiger charge is -2.26. The van der Waals surface area contributed by atoms with Crippen molar-refractivity contribution in [2.45, 2.75) is 39.9 Å². The van der Waals surface area contributed by atoms with Crippen molar-refractivity contribution >= 4 is 33.6 Å². The van der Waals surface area contributed by atoms with Gasteiger partial charge in [0.15, 0.2) is 0 Å². The topological polar surface area (TPSA) is 41.0 Å². The summed E-state index contributed by atoms with van der Waals surface area (Å²) in [6, 6.07) is 4.37. The number of H-pyrrole nitrogens is 1. The van der Waals surface area contributed by atoms with Crippen LogP contribution in [0.3, 0.4) is 0 Å². The molecule has 0 spiro atoms. The molecular weight excluding hydrogens is 365 g/mol. The van der Waals surface area contributed by atoms with Crippen LogP contribution in [0.5, 0.6) is 0 Å². The van der Waals surface area contributed by atoms with Crippen LogP contribution >= 0.6 is 22.6 Å². The zero-order valence-corrected chi connectivity index (χ0v) is 14.1. The maximum absolute atomic E-state index is 12.2. The Labute approximate surface area is 131 Å². The molecular formula is C15H18IN3O. The maximum Gasteiger partial charge on any atom is 0.326 e. The van der Waals surface area contributed by atoms with Gasteiger partial charge < -0.3 is 9.88 Å². The fourth-order valence-electron chi connectivity index (χ4n) is 2.84. The van der Waals surface area contributed by atoms with Gasteiger partial charge in [-0.15, -0.1) is 0 Å². The smallest absolute Gasteiger partial charge is 0.326 e. The molecule has 0 radical (unpaired) electrons. The third-order valence-electron chi connectivity index (χ3n) is 3.76. The molecule has 3 rings (SSSR count). The summed E-state index contributed by atoms with van der Waals surface area (Å²) in [4.78, 5) is 17.5. The van der Waals surface area contributed by atoms with Gasteiger partial charge in [-0.05, 0) is 61.7 Å². The van der Waals surface area contributed by atoms with E-state index in [0.717, 1.165) is 24.1 Å². The van der Waals surface area contributed by atoms with Gasteiger partial charge in [0, 0.05) is 28.3 Å². The minimum Gasteiger partial charge on any atom is -0.369 e. The molecule has 20 heavy (non-hydrogen) atoms. The normalized spacial score (nSPS) is 18.2. The molecule has 0 bridgehead atoms. The van der Waals surface area contributed by atoms with Crippen molar-refractivity contribution in [1.29, 1.82) is 0 Å². The molecule has 5 heteroatoms. The second-order valence-corrected chi connectivity index (χ2v) is 6.85. The second kappa shape index (κ2) is 4.95. The largest absolute Gasteiger partial charge is 0.369 e. The first-order valence-corrected chi connectivity index (χ1v) is 7.86. The Balaban J connectivity index is 2.25. The molecule has 0 fully saturated rings. The van der Waals surface area contributed by atoms with Crippen molar-refractivity contribution in [3.05, 3.63) is 43.5 Å². The minimum atomic E-state index is -0.00542. The van der Waals surface area contributed by atoms with Gasteiger partial charge in [0.2, 0.25) is 0 Å². The molecule has 0 saturated carbocycles. The summed E-state index contributed by atoms with van der Waals surface area (Å²) < 4.78 is 3.10. The highest BCUT2D eigenvalue weighted by molar-refractivity contribution is 14.1. The number of imidazole rings is 1. The van der Waals surface area contributed by atoms with Gasteiger partial charge in [0.25, 0.3) is 0 Å². The molecule has 4 nitrogen and oxygen atoms in total. The molecule has 106 valence electrons. The second-order valence-electron chi connectivity index (χ2n) is 5.69. The number of hydrogen-bond acceptors (Lipinski definition) is 2. The Kier molecular flexibility index (Phi) is 3.40. The number of benzene rings is 1. The summed E-state index contributed by atoms with van der Waals surface area (Å²) in [6.45, 7) is 7.95. The Bertz CT molecular complexity index is 752. The molecule has 1 aliphatic heterocycles. The van der Waals surface area contributed by atoms with E-state index in [-0.39, 0.29) is 5.69 Å². The third kappa shape index (κ3) is 2.17. The summed E-state index contributed by atoms with van der Waals surface area (Å²) in [5, 5.41) is 0. The Morgan fingerprint density at radius 3 is 2.90 bits per heavy atom. The molecule has 1 aromatic heterocycles. The highest BCUT2D eigenvalue weighted by Crippen LogP contribution is 2.28.